The SMILES string of the molecule is CCNC(=NCc1nc(C(C)OCC)no1)NC1CCN(Cc2ccc(F)cc2)CC1.I. The lowest BCUT2D eigenvalue weighted by Gasteiger charge is -2.33. The molecule has 0 aliphatic carbocycles. The van der Waals surface area contributed by atoms with Crippen molar-refractivity contribution in [3.8, 4) is 0 Å². The molecule has 1 aliphatic rings. The van der Waals surface area contributed by atoms with Gasteiger partial charge in [0.1, 0.15) is 18.5 Å². The molecule has 0 spiro atoms. The first-order chi connectivity index (χ1) is 15.1. The first-order valence-corrected chi connectivity index (χ1v) is 11.0. The summed E-state index contributed by atoms with van der Waals surface area (Å²) in [7, 11) is 0. The van der Waals surface area contributed by atoms with Gasteiger partial charge < -0.3 is 19.9 Å². The lowest BCUT2D eigenvalue weighted by molar-refractivity contribution is 0.0683. The summed E-state index contributed by atoms with van der Waals surface area (Å²) < 4.78 is 23.9. The average molecular weight is 560 g/mol. The minimum absolute atomic E-state index is 0. The maximum absolute atomic E-state index is 13.1. The fourth-order valence-electron chi connectivity index (χ4n) is 3.57. The first kappa shape index (κ1) is 26.5. The molecule has 0 bridgehead atoms. The van der Waals surface area contributed by atoms with Crippen molar-refractivity contribution >= 4 is 29.9 Å². The largest absolute Gasteiger partial charge is 0.371 e. The van der Waals surface area contributed by atoms with Crippen LogP contribution in [0.1, 0.15) is 57.0 Å². The Morgan fingerprint density at radius 3 is 2.66 bits per heavy atom. The second kappa shape index (κ2) is 13.7. The zero-order valence-electron chi connectivity index (χ0n) is 19.0. The average Bonchev–Trinajstić information content (AvgIpc) is 3.25. The van der Waals surface area contributed by atoms with Crippen LogP contribution in [-0.4, -0.2) is 53.3 Å². The van der Waals surface area contributed by atoms with Gasteiger partial charge in [-0.15, -0.1) is 24.0 Å². The van der Waals surface area contributed by atoms with Gasteiger partial charge in [0, 0.05) is 38.8 Å². The van der Waals surface area contributed by atoms with Crippen LogP contribution >= 0.6 is 24.0 Å². The van der Waals surface area contributed by atoms with E-state index < -0.39 is 0 Å². The molecule has 1 aromatic heterocycles. The second-order valence-corrected chi connectivity index (χ2v) is 7.66. The van der Waals surface area contributed by atoms with Crippen LogP contribution in [0.25, 0.3) is 0 Å². The minimum atomic E-state index is -0.196. The van der Waals surface area contributed by atoms with E-state index in [2.05, 4.69) is 30.7 Å². The fraction of sp³-hybridized carbons (Fsp3) is 0.591. The third-order valence-corrected chi connectivity index (χ3v) is 5.23. The molecule has 3 rings (SSSR count). The molecule has 0 amide bonds. The summed E-state index contributed by atoms with van der Waals surface area (Å²) in [6.07, 6.45) is 1.84. The van der Waals surface area contributed by atoms with E-state index in [1.165, 1.54) is 12.1 Å². The van der Waals surface area contributed by atoms with E-state index in [0.717, 1.165) is 50.5 Å². The van der Waals surface area contributed by atoms with Crippen molar-refractivity contribution in [2.45, 2.75) is 58.8 Å². The zero-order valence-corrected chi connectivity index (χ0v) is 21.3. The molecule has 1 unspecified atom stereocenters. The van der Waals surface area contributed by atoms with Gasteiger partial charge >= 0.3 is 0 Å². The van der Waals surface area contributed by atoms with Crippen molar-refractivity contribution in [1.82, 2.24) is 25.7 Å². The molecule has 8 nitrogen and oxygen atoms in total. The lowest BCUT2D eigenvalue weighted by Crippen LogP contribution is -2.48. The topological polar surface area (TPSA) is 87.8 Å². The van der Waals surface area contributed by atoms with Gasteiger partial charge in [-0.25, -0.2) is 9.38 Å². The third kappa shape index (κ3) is 8.28. The van der Waals surface area contributed by atoms with E-state index in [4.69, 9.17) is 9.26 Å². The highest BCUT2D eigenvalue weighted by Gasteiger charge is 2.20. The number of nitrogens with zero attached hydrogens (tertiary/aromatic N) is 4. The summed E-state index contributed by atoms with van der Waals surface area (Å²) in [5, 5.41) is 10.8. The third-order valence-electron chi connectivity index (χ3n) is 5.23. The molecular formula is C22H34FIN6O2. The van der Waals surface area contributed by atoms with E-state index in [0.29, 0.717) is 30.9 Å². The predicted octanol–water partition coefficient (Wildman–Crippen LogP) is 3.64. The van der Waals surface area contributed by atoms with Crippen molar-refractivity contribution in [3.63, 3.8) is 0 Å². The minimum Gasteiger partial charge on any atom is -0.371 e. The van der Waals surface area contributed by atoms with Crippen LogP contribution < -0.4 is 10.6 Å². The highest BCUT2D eigenvalue weighted by atomic mass is 127. The standard InChI is InChI=1S/C22H33FN6O2.HI/c1-4-24-22(25-14-20-27-21(28-31-20)16(3)30-5-2)26-19-10-12-29(13-11-19)15-17-6-8-18(23)9-7-17;/h6-9,16,19H,4-5,10-15H2,1-3H3,(H2,24,25,26);1H. The molecule has 0 radical (unpaired) electrons. The van der Waals surface area contributed by atoms with Gasteiger partial charge in [-0.3, -0.25) is 4.90 Å². The maximum Gasteiger partial charge on any atom is 0.248 e. The molecular weight excluding hydrogens is 526 g/mol. The highest BCUT2D eigenvalue weighted by molar-refractivity contribution is 14.0. The van der Waals surface area contributed by atoms with Crippen LogP contribution in [0.5, 0.6) is 0 Å². The number of aliphatic imine (C=N–C) groups is 1. The van der Waals surface area contributed by atoms with Crippen LogP contribution in [0.4, 0.5) is 4.39 Å². The number of hydrogen-bond donors (Lipinski definition) is 2. The monoisotopic (exact) mass is 560 g/mol. The van der Waals surface area contributed by atoms with E-state index >= 15 is 0 Å². The van der Waals surface area contributed by atoms with Crippen LogP contribution in [-0.2, 0) is 17.8 Å². The predicted molar refractivity (Wildman–Crippen MR) is 132 cm³/mol. The van der Waals surface area contributed by atoms with Crippen LogP contribution in [0.3, 0.4) is 0 Å². The second-order valence-electron chi connectivity index (χ2n) is 7.66. The van der Waals surface area contributed by atoms with Gasteiger partial charge in [0.15, 0.2) is 11.8 Å². The van der Waals surface area contributed by atoms with Crippen molar-refractivity contribution in [2.75, 3.05) is 26.2 Å². The van der Waals surface area contributed by atoms with Gasteiger partial charge in [0.2, 0.25) is 5.89 Å². The fourth-order valence-corrected chi connectivity index (χ4v) is 3.57. The number of aromatic nitrogens is 2. The van der Waals surface area contributed by atoms with E-state index in [-0.39, 0.29) is 35.9 Å². The molecule has 2 aromatic rings. The quantitative estimate of drug-likeness (QED) is 0.275. The molecule has 1 saturated heterocycles. The van der Waals surface area contributed by atoms with Gasteiger partial charge in [0.25, 0.3) is 0 Å². The summed E-state index contributed by atoms with van der Waals surface area (Å²) >= 11 is 0. The van der Waals surface area contributed by atoms with Crippen LogP contribution in [0.15, 0.2) is 33.8 Å². The Bertz CT molecular complexity index is 824. The normalized spacial score (nSPS) is 16.4. The smallest absolute Gasteiger partial charge is 0.248 e. The molecule has 178 valence electrons. The molecule has 0 saturated carbocycles. The first-order valence-electron chi connectivity index (χ1n) is 11.0. The molecule has 1 aromatic carbocycles. The summed E-state index contributed by atoms with van der Waals surface area (Å²) in [5.74, 6) is 1.56. The Morgan fingerprint density at radius 2 is 2.00 bits per heavy atom. The van der Waals surface area contributed by atoms with E-state index in [1.807, 2.05) is 32.9 Å². The summed E-state index contributed by atoms with van der Waals surface area (Å²) in [6.45, 7) is 10.4. The number of hydrogen-bond acceptors (Lipinski definition) is 6. The molecule has 1 atom stereocenters. The number of ether oxygens (including phenoxy) is 1. The Balaban J connectivity index is 0.00000363. The molecule has 1 aliphatic heterocycles. The Morgan fingerprint density at radius 1 is 1.28 bits per heavy atom. The Labute approximate surface area is 206 Å². The number of benzene rings is 1. The highest BCUT2D eigenvalue weighted by Crippen LogP contribution is 2.15. The zero-order chi connectivity index (χ0) is 22.1. The van der Waals surface area contributed by atoms with Crippen molar-refractivity contribution in [2.24, 2.45) is 4.99 Å². The number of rotatable bonds is 9. The van der Waals surface area contributed by atoms with E-state index in [1.54, 1.807) is 0 Å². The summed E-state index contributed by atoms with van der Waals surface area (Å²) in [5.41, 5.74) is 1.14. The number of nitrogens with one attached hydrogen (secondary N) is 2. The van der Waals surface area contributed by atoms with Gasteiger partial charge in [0.05, 0.1) is 0 Å². The van der Waals surface area contributed by atoms with Gasteiger partial charge in [-0.1, -0.05) is 17.3 Å². The molecule has 1 fully saturated rings. The number of halogens is 2. The summed E-state index contributed by atoms with van der Waals surface area (Å²) in [6, 6.07) is 7.10. The van der Waals surface area contributed by atoms with Crippen LogP contribution in [0.2, 0.25) is 0 Å². The van der Waals surface area contributed by atoms with Gasteiger partial charge in [-0.05, 0) is 51.3 Å². The maximum atomic E-state index is 13.1. The molecule has 2 heterocycles. The number of piperidine rings is 1. The Kier molecular flexibility index (Phi) is 11.3. The number of guanidine groups is 1. The molecule has 32 heavy (non-hydrogen) atoms. The Hall–Kier alpha value is -1.79. The van der Waals surface area contributed by atoms with Crippen molar-refractivity contribution in [1.29, 1.82) is 0 Å². The van der Waals surface area contributed by atoms with E-state index in [9.17, 15) is 4.39 Å². The molecule has 10 heteroatoms. The van der Waals surface area contributed by atoms with Crippen molar-refractivity contribution in [3.05, 3.63) is 47.4 Å². The number of likely N-dealkylation sites (tertiary alicyclic amines) is 1. The summed E-state index contributed by atoms with van der Waals surface area (Å²) in [4.78, 5) is 11.4. The molecule has 2 N–H and O–H groups in total. The van der Waals surface area contributed by atoms with Crippen LogP contribution in [0, 0.1) is 5.82 Å². The lowest BCUT2D eigenvalue weighted by atomic mass is 10.0. The van der Waals surface area contributed by atoms with Crippen molar-refractivity contribution < 1.29 is 13.7 Å². The van der Waals surface area contributed by atoms with Gasteiger partial charge in [-0.2, -0.15) is 4.98 Å².